The van der Waals surface area contributed by atoms with Crippen LogP contribution in [0.25, 0.3) is 17.1 Å². The number of hydrogen-bond acceptors (Lipinski definition) is 4. The maximum atomic E-state index is 12.8. The molecule has 0 unspecified atom stereocenters. The van der Waals surface area contributed by atoms with Crippen molar-refractivity contribution in [3.63, 3.8) is 0 Å². The first kappa shape index (κ1) is 21.4. The highest BCUT2D eigenvalue weighted by Gasteiger charge is 2.22. The number of carbonyl (C=O) groups excluding carboxylic acids is 1. The minimum Gasteiger partial charge on any atom is -0.337 e. The molecule has 1 aromatic heterocycles. The molecule has 0 bridgehead atoms. The summed E-state index contributed by atoms with van der Waals surface area (Å²) in [6.45, 7) is 8.14. The summed E-state index contributed by atoms with van der Waals surface area (Å²) >= 11 is 7.47. The minimum absolute atomic E-state index is 0.0897. The smallest absolute Gasteiger partial charge is 0.233 e. The zero-order chi connectivity index (χ0) is 21.0. The Bertz CT molecular complexity index is 947. The molecular weight excluding hydrogens is 404 g/mol. The molecule has 0 aliphatic rings. The quantitative estimate of drug-likeness (QED) is 0.477. The van der Waals surface area contributed by atoms with Gasteiger partial charge >= 0.3 is 0 Å². The van der Waals surface area contributed by atoms with Gasteiger partial charge in [0.15, 0.2) is 11.0 Å². The zero-order valence-electron chi connectivity index (χ0n) is 17.0. The second kappa shape index (κ2) is 9.46. The fourth-order valence-corrected chi connectivity index (χ4v) is 4.28. The van der Waals surface area contributed by atoms with E-state index in [2.05, 4.69) is 10.2 Å². The molecule has 0 atom stereocenters. The molecule has 29 heavy (non-hydrogen) atoms. The molecule has 0 spiro atoms. The number of aromatic nitrogens is 3. The summed E-state index contributed by atoms with van der Waals surface area (Å²) in [4.78, 5) is 14.7. The number of nitrogens with zero attached hydrogens (tertiary/aromatic N) is 4. The van der Waals surface area contributed by atoms with Crippen molar-refractivity contribution in [1.29, 1.82) is 0 Å². The molecular formula is C22H25ClN4OS. The Morgan fingerprint density at radius 3 is 2.21 bits per heavy atom. The Balaban J connectivity index is 1.94. The number of benzene rings is 2. The van der Waals surface area contributed by atoms with Gasteiger partial charge in [0.1, 0.15) is 0 Å². The van der Waals surface area contributed by atoms with Crippen LogP contribution < -0.4 is 0 Å². The summed E-state index contributed by atoms with van der Waals surface area (Å²) in [7, 11) is 0. The second-order valence-corrected chi connectivity index (χ2v) is 8.64. The monoisotopic (exact) mass is 428 g/mol. The molecule has 3 rings (SSSR count). The topological polar surface area (TPSA) is 51.0 Å². The molecule has 0 aliphatic heterocycles. The zero-order valence-corrected chi connectivity index (χ0v) is 18.6. The molecule has 0 aliphatic carbocycles. The highest BCUT2D eigenvalue weighted by atomic mass is 35.5. The van der Waals surface area contributed by atoms with Crippen molar-refractivity contribution in [3.05, 3.63) is 59.6 Å². The van der Waals surface area contributed by atoms with Gasteiger partial charge in [-0.2, -0.15) is 0 Å². The third-order valence-corrected chi connectivity index (χ3v) is 5.64. The van der Waals surface area contributed by atoms with E-state index in [1.54, 1.807) is 0 Å². The van der Waals surface area contributed by atoms with Crippen LogP contribution in [0.4, 0.5) is 0 Å². The molecule has 3 aromatic rings. The van der Waals surface area contributed by atoms with Crippen molar-refractivity contribution < 1.29 is 4.79 Å². The fraction of sp³-hybridized carbons (Fsp3) is 0.318. The minimum atomic E-state index is 0.0897. The van der Waals surface area contributed by atoms with Crippen LogP contribution in [0.3, 0.4) is 0 Å². The van der Waals surface area contributed by atoms with Gasteiger partial charge in [0, 0.05) is 28.4 Å². The SMILES string of the molecule is CC(C)N(C(=O)CSc1nnc(-c2ccccc2)n1-c1ccc(Cl)cc1)C(C)C. The standard InChI is InChI=1S/C22H25ClN4OS/c1-15(2)26(16(3)4)20(28)14-29-22-25-24-21(17-8-6-5-7-9-17)27(22)19-12-10-18(23)11-13-19/h5-13,15-16H,14H2,1-4H3. The Kier molecular flexibility index (Phi) is 6.98. The van der Waals surface area contributed by atoms with Gasteiger partial charge in [-0.1, -0.05) is 53.7 Å². The van der Waals surface area contributed by atoms with Crippen molar-refractivity contribution >= 4 is 29.3 Å². The molecule has 7 heteroatoms. The predicted octanol–water partition coefficient (Wildman–Crippen LogP) is 5.33. The van der Waals surface area contributed by atoms with E-state index in [9.17, 15) is 4.79 Å². The van der Waals surface area contributed by atoms with E-state index in [4.69, 9.17) is 11.6 Å². The van der Waals surface area contributed by atoms with Crippen molar-refractivity contribution in [2.45, 2.75) is 44.9 Å². The van der Waals surface area contributed by atoms with Crippen LogP contribution in [-0.2, 0) is 4.79 Å². The molecule has 0 N–H and O–H groups in total. The molecule has 0 saturated heterocycles. The lowest BCUT2D eigenvalue weighted by atomic mass is 10.2. The average molecular weight is 429 g/mol. The lowest BCUT2D eigenvalue weighted by Gasteiger charge is -2.30. The third-order valence-electron chi connectivity index (χ3n) is 4.48. The number of hydrogen-bond donors (Lipinski definition) is 0. The highest BCUT2D eigenvalue weighted by Crippen LogP contribution is 2.29. The van der Waals surface area contributed by atoms with Crippen LogP contribution in [0.1, 0.15) is 27.7 Å². The van der Waals surface area contributed by atoms with Crippen molar-refractivity contribution in [2.75, 3.05) is 5.75 Å². The number of rotatable bonds is 7. The lowest BCUT2D eigenvalue weighted by molar-refractivity contribution is -0.131. The van der Waals surface area contributed by atoms with E-state index in [0.29, 0.717) is 15.9 Å². The normalized spacial score (nSPS) is 11.3. The first-order valence-corrected chi connectivity index (χ1v) is 11.0. The van der Waals surface area contributed by atoms with Crippen LogP contribution in [0, 0.1) is 0 Å². The Hall–Kier alpha value is -2.31. The van der Waals surface area contributed by atoms with Gasteiger partial charge in [-0.25, -0.2) is 0 Å². The van der Waals surface area contributed by atoms with E-state index in [1.807, 2.05) is 91.8 Å². The molecule has 1 heterocycles. The Morgan fingerprint density at radius 1 is 1.00 bits per heavy atom. The lowest BCUT2D eigenvalue weighted by Crippen LogP contribution is -2.43. The number of carbonyl (C=O) groups is 1. The van der Waals surface area contributed by atoms with E-state index in [0.717, 1.165) is 17.1 Å². The van der Waals surface area contributed by atoms with E-state index in [1.165, 1.54) is 11.8 Å². The summed E-state index contributed by atoms with van der Waals surface area (Å²) in [5.74, 6) is 1.12. The maximum Gasteiger partial charge on any atom is 0.233 e. The summed E-state index contributed by atoms with van der Waals surface area (Å²) in [6, 6.07) is 17.7. The number of halogens is 1. The van der Waals surface area contributed by atoms with Gasteiger partial charge in [-0.3, -0.25) is 9.36 Å². The summed E-state index contributed by atoms with van der Waals surface area (Å²) < 4.78 is 1.97. The van der Waals surface area contributed by atoms with Crippen molar-refractivity contribution in [2.24, 2.45) is 0 Å². The first-order chi connectivity index (χ1) is 13.9. The molecule has 0 radical (unpaired) electrons. The fourth-order valence-electron chi connectivity index (χ4n) is 3.33. The average Bonchev–Trinajstić information content (AvgIpc) is 3.11. The molecule has 0 fully saturated rings. The van der Waals surface area contributed by atoms with Gasteiger partial charge in [-0.05, 0) is 52.0 Å². The molecule has 2 aromatic carbocycles. The third kappa shape index (κ3) is 5.00. The highest BCUT2D eigenvalue weighted by molar-refractivity contribution is 7.99. The van der Waals surface area contributed by atoms with Crippen LogP contribution in [0.5, 0.6) is 0 Å². The van der Waals surface area contributed by atoms with Crippen LogP contribution >= 0.6 is 23.4 Å². The summed E-state index contributed by atoms with van der Waals surface area (Å²) in [6.07, 6.45) is 0. The van der Waals surface area contributed by atoms with E-state index in [-0.39, 0.29) is 18.0 Å². The van der Waals surface area contributed by atoms with Gasteiger partial charge in [0.25, 0.3) is 0 Å². The molecule has 152 valence electrons. The predicted molar refractivity (Wildman–Crippen MR) is 120 cm³/mol. The van der Waals surface area contributed by atoms with Gasteiger partial charge in [-0.15, -0.1) is 10.2 Å². The van der Waals surface area contributed by atoms with Crippen LogP contribution in [0.15, 0.2) is 59.8 Å². The molecule has 5 nitrogen and oxygen atoms in total. The van der Waals surface area contributed by atoms with Gasteiger partial charge < -0.3 is 4.90 Å². The first-order valence-electron chi connectivity index (χ1n) is 9.59. The molecule has 1 amide bonds. The Labute approximate surface area is 181 Å². The maximum absolute atomic E-state index is 12.8. The number of amides is 1. The van der Waals surface area contributed by atoms with Crippen molar-refractivity contribution in [1.82, 2.24) is 19.7 Å². The van der Waals surface area contributed by atoms with E-state index < -0.39 is 0 Å². The largest absolute Gasteiger partial charge is 0.337 e. The number of thioether (sulfide) groups is 1. The van der Waals surface area contributed by atoms with Gasteiger partial charge in [0.05, 0.1) is 5.75 Å². The second-order valence-electron chi connectivity index (χ2n) is 7.26. The van der Waals surface area contributed by atoms with Gasteiger partial charge in [0.2, 0.25) is 5.91 Å². The Morgan fingerprint density at radius 2 is 1.62 bits per heavy atom. The summed E-state index contributed by atoms with van der Waals surface area (Å²) in [5.41, 5.74) is 1.86. The van der Waals surface area contributed by atoms with Crippen LogP contribution in [-0.4, -0.2) is 43.4 Å². The van der Waals surface area contributed by atoms with Crippen LogP contribution in [0.2, 0.25) is 5.02 Å². The van der Waals surface area contributed by atoms with Crippen molar-refractivity contribution in [3.8, 4) is 17.1 Å². The summed E-state index contributed by atoms with van der Waals surface area (Å²) in [5, 5.41) is 10.1. The van der Waals surface area contributed by atoms with E-state index >= 15 is 0 Å². The molecule has 0 saturated carbocycles.